The number of nitrogens with zero attached hydrogens (tertiary/aromatic N) is 1. The molecule has 80 valence electrons. The Bertz CT molecular complexity index is 365. The molecule has 0 aromatic heterocycles. The van der Waals surface area contributed by atoms with Crippen molar-refractivity contribution < 1.29 is 0 Å². The number of rotatable bonds is 2. The fourth-order valence-corrected chi connectivity index (χ4v) is 2.03. The second-order valence-corrected chi connectivity index (χ2v) is 4.48. The van der Waals surface area contributed by atoms with E-state index < -0.39 is 0 Å². The second-order valence-electron chi connectivity index (χ2n) is 4.48. The Hall–Kier alpha value is -1.08. The highest BCUT2D eigenvalue weighted by molar-refractivity contribution is 5.30. The summed E-state index contributed by atoms with van der Waals surface area (Å²) in [6, 6.07) is 8.69. The van der Waals surface area contributed by atoms with Crippen LogP contribution in [0.25, 0.3) is 0 Å². The monoisotopic (exact) mass is 201 g/mol. The third-order valence-electron chi connectivity index (χ3n) is 3.19. The molecule has 1 heterocycles. The maximum atomic E-state index is 2.38. The number of likely N-dealkylation sites (N-methyl/N-ethyl adjacent to an activating group) is 1. The van der Waals surface area contributed by atoms with Crippen LogP contribution in [0.3, 0.4) is 0 Å². The van der Waals surface area contributed by atoms with Gasteiger partial charge in [-0.2, -0.15) is 0 Å². The Morgan fingerprint density at radius 3 is 2.73 bits per heavy atom. The van der Waals surface area contributed by atoms with E-state index in [1.54, 1.807) is 5.57 Å². The van der Waals surface area contributed by atoms with Crippen LogP contribution in [0, 0.1) is 6.92 Å². The topological polar surface area (TPSA) is 3.24 Å². The molecule has 0 radical (unpaired) electrons. The molecule has 0 saturated carbocycles. The molecule has 0 spiro atoms. The van der Waals surface area contributed by atoms with Crippen LogP contribution >= 0.6 is 0 Å². The highest BCUT2D eigenvalue weighted by atomic mass is 15.1. The van der Waals surface area contributed by atoms with Crippen LogP contribution in [-0.2, 0) is 6.42 Å². The largest absolute Gasteiger partial charge is 0.302 e. The molecular formula is C14H19N. The molecule has 1 aromatic rings. The Labute approximate surface area is 92.4 Å². The molecule has 2 rings (SSSR count). The van der Waals surface area contributed by atoms with Crippen LogP contribution in [-0.4, -0.2) is 25.0 Å². The summed E-state index contributed by atoms with van der Waals surface area (Å²) >= 11 is 0. The predicted molar refractivity (Wildman–Crippen MR) is 65.1 cm³/mol. The van der Waals surface area contributed by atoms with Crippen molar-refractivity contribution in [2.45, 2.75) is 19.8 Å². The van der Waals surface area contributed by atoms with E-state index in [-0.39, 0.29) is 0 Å². The van der Waals surface area contributed by atoms with Crippen LogP contribution in [0.2, 0.25) is 0 Å². The number of hydrogen-bond acceptors (Lipinski definition) is 1. The maximum Gasteiger partial charge on any atom is 0.0163 e. The molecule has 15 heavy (non-hydrogen) atoms. The van der Waals surface area contributed by atoms with Crippen molar-refractivity contribution in [1.29, 1.82) is 0 Å². The summed E-state index contributed by atoms with van der Waals surface area (Å²) in [7, 11) is 2.18. The van der Waals surface area contributed by atoms with Gasteiger partial charge in [-0.1, -0.05) is 35.9 Å². The van der Waals surface area contributed by atoms with Crippen molar-refractivity contribution in [3.05, 3.63) is 47.0 Å². The first kappa shape index (κ1) is 10.4. The quantitative estimate of drug-likeness (QED) is 0.665. The van der Waals surface area contributed by atoms with Gasteiger partial charge in [0.25, 0.3) is 0 Å². The molecular weight excluding hydrogens is 182 g/mol. The third-order valence-corrected chi connectivity index (χ3v) is 3.19. The Kier molecular flexibility index (Phi) is 3.22. The summed E-state index contributed by atoms with van der Waals surface area (Å²) in [6.45, 7) is 4.52. The number of benzene rings is 1. The van der Waals surface area contributed by atoms with E-state index in [1.165, 1.54) is 24.1 Å². The highest BCUT2D eigenvalue weighted by Gasteiger charge is 2.08. The summed E-state index contributed by atoms with van der Waals surface area (Å²) < 4.78 is 0. The number of hydrogen-bond donors (Lipinski definition) is 0. The van der Waals surface area contributed by atoms with Gasteiger partial charge in [0, 0.05) is 13.1 Å². The van der Waals surface area contributed by atoms with Crippen LogP contribution in [0.1, 0.15) is 17.5 Å². The van der Waals surface area contributed by atoms with Gasteiger partial charge in [-0.15, -0.1) is 0 Å². The molecule has 0 unspecified atom stereocenters. The van der Waals surface area contributed by atoms with Crippen LogP contribution in [0.4, 0.5) is 0 Å². The average Bonchev–Trinajstić information content (AvgIpc) is 2.25. The smallest absolute Gasteiger partial charge is 0.0163 e. The molecule has 1 heteroatoms. The lowest BCUT2D eigenvalue weighted by Gasteiger charge is -2.22. The third kappa shape index (κ3) is 2.69. The van der Waals surface area contributed by atoms with Crippen LogP contribution < -0.4 is 0 Å². The SMILES string of the molecule is Cc1ccccc1CC1=CCN(C)CC1. The van der Waals surface area contributed by atoms with Gasteiger partial charge in [0.1, 0.15) is 0 Å². The van der Waals surface area contributed by atoms with Crippen LogP contribution in [0.15, 0.2) is 35.9 Å². The van der Waals surface area contributed by atoms with E-state index in [0.29, 0.717) is 0 Å². The Morgan fingerprint density at radius 2 is 2.07 bits per heavy atom. The van der Waals surface area contributed by atoms with Crippen molar-refractivity contribution in [3.8, 4) is 0 Å². The van der Waals surface area contributed by atoms with Crippen molar-refractivity contribution in [2.24, 2.45) is 0 Å². The molecule has 0 aliphatic carbocycles. The molecule has 1 aromatic carbocycles. The lowest BCUT2D eigenvalue weighted by Crippen LogP contribution is -2.24. The van der Waals surface area contributed by atoms with Gasteiger partial charge in [0.05, 0.1) is 0 Å². The van der Waals surface area contributed by atoms with Gasteiger partial charge < -0.3 is 4.90 Å². The average molecular weight is 201 g/mol. The minimum Gasteiger partial charge on any atom is -0.302 e. The summed E-state index contributed by atoms with van der Waals surface area (Å²) in [6.07, 6.45) is 4.75. The Balaban J connectivity index is 2.06. The zero-order chi connectivity index (χ0) is 10.7. The van der Waals surface area contributed by atoms with E-state index in [0.717, 1.165) is 13.0 Å². The first-order valence-electron chi connectivity index (χ1n) is 5.66. The lowest BCUT2D eigenvalue weighted by molar-refractivity contribution is 0.357. The van der Waals surface area contributed by atoms with Crippen LogP contribution in [0.5, 0.6) is 0 Å². The first-order chi connectivity index (χ1) is 7.25. The fourth-order valence-electron chi connectivity index (χ4n) is 2.03. The van der Waals surface area contributed by atoms with Gasteiger partial charge in [-0.25, -0.2) is 0 Å². The summed E-state index contributed by atoms with van der Waals surface area (Å²) in [5.41, 5.74) is 4.49. The first-order valence-corrected chi connectivity index (χ1v) is 5.66. The van der Waals surface area contributed by atoms with Crippen molar-refractivity contribution in [3.63, 3.8) is 0 Å². The summed E-state index contributed by atoms with van der Waals surface area (Å²) in [4.78, 5) is 2.36. The van der Waals surface area contributed by atoms with E-state index in [2.05, 4.69) is 49.2 Å². The fraction of sp³-hybridized carbons (Fsp3) is 0.429. The standard InChI is InChI=1S/C14H19N/c1-12-5-3-4-6-14(12)11-13-7-9-15(2)10-8-13/h3-7H,8-11H2,1-2H3. The molecule has 0 fully saturated rings. The molecule has 0 bridgehead atoms. The second kappa shape index (κ2) is 4.63. The predicted octanol–water partition coefficient (Wildman–Crippen LogP) is 2.80. The normalized spacial score (nSPS) is 17.6. The lowest BCUT2D eigenvalue weighted by atomic mass is 9.97. The minimum absolute atomic E-state index is 1.11. The number of aryl methyl sites for hydroxylation is 1. The van der Waals surface area contributed by atoms with Gasteiger partial charge in [0.15, 0.2) is 0 Å². The van der Waals surface area contributed by atoms with Crippen molar-refractivity contribution in [2.75, 3.05) is 20.1 Å². The molecule has 0 N–H and O–H groups in total. The molecule has 1 aliphatic heterocycles. The van der Waals surface area contributed by atoms with E-state index in [4.69, 9.17) is 0 Å². The maximum absolute atomic E-state index is 2.38. The zero-order valence-corrected chi connectivity index (χ0v) is 9.66. The molecule has 0 saturated heterocycles. The molecule has 1 nitrogen and oxygen atoms in total. The van der Waals surface area contributed by atoms with Gasteiger partial charge in [-0.3, -0.25) is 0 Å². The Morgan fingerprint density at radius 1 is 1.27 bits per heavy atom. The van der Waals surface area contributed by atoms with Crippen molar-refractivity contribution in [1.82, 2.24) is 4.90 Å². The molecule has 1 aliphatic rings. The van der Waals surface area contributed by atoms with E-state index in [1.807, 2.05) is 0 Å². The van der Waals surface area contributed by atoms with Gasteiger partial charge in [0.2, 0.25) is 0 Å². The molecule has 0 amide bonds. The van der Waals surface area contributed by atoms with Crippen molar-refractivity contribution >= 4 is 0 Å². The summed E-state index contributed by atoms with van der Waals surface area (Å²) in [5.74, 6) is 0. The minimum atomic E-state index is 1.11. The van der Waals surface area contributed by atoms with Gasteiger partial charge >= 0.3 is 0 Å². The highest BCUT2D eigenvalue weighted by Crippen LogP contribution is 2.17. The molecule has 0 atom stereocenters. The zero-order valence-electron chi connectivity index (χ0n) is 9.66. The van der Waals surface area contributed by atoms with Gasteiger partial charge in [-0.05, 0) is 37.9 Å². The van der Waals surface area contributed by atoms with E-state index >= 15 is 0 Å². The van der Waals surface area contributed by atoms with E-state index in [9.17, 15) is 0 Å². The summed E-state index contributed by atoms with van der Waals surface area (Å²) in [5, 5.41) is 0.